The van der Waals surface area contributed by atoms with E-state index in [-0.39, 0.29) is 49.7 Å². The number of methoxy groups -OCH3 is 3. The molecule has 69 heavy (non-hydrogen) atoms. The summed E-state index contributed by atoms with van der Waals surface area (Å²) in [4.78, 5) is 17.4. The number of aromatic nitrogens is 6. The zero-order valence-corrected chi connectivity index (χ0v) is 39.7. The molecule has 8 aromatic rings. The smallest absolute Gasteiger partial charge is 0.407 e. The summed E-state index contributed by atoms with van der Waals surface area (Å²) in [7, 11) is -5.10. The molecule has 0 spiro atoms. The first-order valence-corrected chi connectivity index (χ1v) is 24.5. The first-order valence-electron chi connectivity index (χ1n) is 21.6. The first kappa shape index (κ1) is 47.8. The van der Waals surface area contributed by atoms with Crippen LogP contribution in [0.3, 0.4) is 0 Å². The monoisotopic (exact) mass is 971 g/mol. The van der Waals surface area contributed by atoms with Gasteiger partial charge in [-0.05, 0) is 94.6 Å². The molecule has 0 bridgehead atoms. The van der Waals surface area contributed by atoms with Crippen LogP contribution < -0.4 is 24.2 Å². The Balaban J connectivity index is 1.29. The SMILES string of the molecule is COc1ccc(CN(Cc2ccc(OC)cc2)S(=O)(=O)c2c(S(=O)(=O)NC(C)CNC(=O)OCc3ccccc3)ccc(-c3cccn4ccnc34)c2-c2nnn(Cc3ccc(OC)cc3)n2)cc1. The molecule has 0 aliphatic heterocycles. The molecule has 0 fully saturated rings. The van der Waals surface area contributed by atoms with Gasteiger partial charge in [0.05, 0.1) is 33.4 Å². The highest BCUT2D eigenvalue weighted by Crippen LogP contribution is 2.42. The number of hydrogen-bond acceptors (Lipinski definition) is 13. The number of ether oxygens (including phenoxy) is 4. The first-order chi connectivity index (χ1) is 33.3. The van der Waals surface area contributed by atoms with Gasteiger partial charge in [0.25, 0.3) is 0 Å². The molecule has 356 valence electrons. The second kappa shape index (κ2) is 21.1. The Morgan fingerprint density at radius 2 is 1.30 bits per heavy atom. The molecule has 8 rings (SSSR count). The van der Waals surface area contributed by atoms with Crippen molar-refractivity contribution >= 4 is 31.8 Å². The van der Waals surface area contributed by atoms with Crippen LogP contribution in [0, 0.1) is 0 Å². The minimum atomic E-state index is -4.94. The van der Waals surface area contributed by atoms with Crippen molar-refractivity contribution in [2.24, 2.45) is 0 Å². The number of nitrogens with zero attached hydrogens (tertiary/aromatic N) is 7. The molecule has 0 saturated carbocycles. The standard InChI is InChI=1S/C49H49N9O9S2/c1-34(29-51-49(59)67-33-38-9-6-5-7-10-38)54-68(60,61)44-25-24-42(43-11-8-27-56-28-26-50-48(43)56)45(47-52-55-58(53-47)32-37-16-22-41(66-4)23-17-37)46(44)69(62,63)57(30-35-12-18-39(64-2)19-13-35)31-36-14-20-40(65-3)21-15-36/h5-28,34,54H,29-33H2,1-4H3,(H,51,59). The van der Waals surface area contributed by atoms with E-state index in [1.165, 1.54) is 42.4 Å². The third-order valence-corrected chi connectivity index (χ3v) is 14.7. The fourth-order valence-corrected chi connectivity index (χ4v) is 11.2. The van der Waals surface area contributed by atoms with Crippen LogP contribution in [0.5, 0.6) is 17.2 Å². The lowest BCUT2D eigenvalue weighted by Gasteiger charge is -2.26. The van der Waals surface area contributed by atoms with E-state index < -0.39 is 42.0 Å². The summed E-state index contributed by atoms with van der Waals surface area (Å²) in [6.07, 6.45) is 4.35. The predicted molar refractivity (Wildman–Crippen MR) is 256 cm³/mol. The predicted octanol–water partition coefficient (Wildman–Crippen LogP) is 6.71. The number of nitrogens with one attached hydrogen (secondary N) is 2. The second-order valence-corrected chi connectivity index (χ2v) is 19.4. The van der Waals surface area contributed by atoms with E-state index in [1.807, 2.05) is 30.3 Å². The van der Waals surface area contributed by atoms with Crippen molar-refractivity contribution in [3.63, 3.8) is 0 Å². The average molecular weight is 972 g/mol. The van der Waals surface area contributed by atoms with Gasteiger partial charge in [0.1, 0.15) is 39.3 Å². The zero-order chi connectivity index (χ0) is 48.5. The lowest BCUT2D eigenvalue weighted by Crippen LogP contribution is -2.42. The van der Waals surface area contributed by atoms with E-state index in [2.05, 4.69) is 25.3 Å². The Morgan fingerprint density at radius 3 is 1.91 bits per heavy atom. The van der Waals surface area contributed by atoms with E-state index in [4.69, 9.17) is 24.0 Å². The van der Waals surface area contributed by atoms with Gasteiger partial charge in [0.2, 0.25) is 25.9 Å². The minimum absolute atomic E-state index is 0.00208. The highest BCUT2D eigenvalue weighted by atomic mass is 32.2. The second-order valence-electron chi connectivity index (χ2n) is 15.8. The van der Waals surface area contributed by atoms with Crippen LogP contribution >= 0.6 is 0 Å². The van der Waals surface area contributed by atoms with Gasteiger partial charge in [-0.1, -0.05) is 72.8 Å². The molecular formula is C49H49N9O9S2. The number of amides is 1. The molecule has 20 heteroatoms. The summed E-state index contributed by atoms with van der Waals surface area (Å²) < 4.78 is 89.1. The molecule has 5 aromatic carbocycles. The van der Waals surface area contributed by atoms with Crippen molar-refractivity contribution in [2.45, 2.75) is 49.0 Å². The maximum atomic E-state index is 16.1. The summed E-state index contributed by atoms with van der Waals surface area (Å²) in [6.45, 7) is 1.05. The molecule has 1 amide bonds. The highest BCUT2D eigenvalue weighted by molar-refractivity contribution is 7.92. The Kier molecular flexibility index (Phi) is 14.6. The van der Waals surface area contributed by atoms with Gasteiger partial charge in [0.15, 0.2) is 0 Å². The van der Waals surface area contributed by atoms with Gasteiger partial charge in [0, 0.05) is 49.8 Å². The molecule has 18 nitrogen and oxygen atoms in total. The number of benzene rings is 5. The van der Waals surface area contributed by atoms with Crippen molar-refractivity contribution in [1.29, 1.82) is 0 Å². The molecule has 1 unspecified atom stereocenters. The Hall–Kier alpha value is -7.65. The zero-order valence-electron chi connectivity index (χ0n) is 38.1. The third-order valence-electron chi connectivity index (χ3n) is 11.0. The van der Waals surface area contributed by atoms with E-state index >= 15 is 8.42 Å². The van der Waals surface area contributed by atoms with Gasteiger partial charge >= 0.3 is 6.09 Å². The van der Waals surface area contributed by atoms with Crippen LogP contribution in [0.4, 0.5) is 4.79 Å². The summed E-state index contributed by atoms with van der Waals surface area (Å²) >= 11 is 0. The highest BCUT2D eigenvalue weighted by Gasteiger charge is 2.38. The van der Waals surface area contributed by atoms with Gasteiger partial charge in [-0.2, -0.15) is 9.10 Å². The van der Waals surface area contributed by atoms with E-state index in [1.54, 1.807) is 115 Å². The maximum Gasteiger partial charge on any atom is 0.407 e. The Labute approximate surface area is 399 Å². The molecule has 0 aliphatic carbocycles. The topological polar surface area (TPSA) is 210 Å². The van der Waals surface area contributed by atoms with Gasteiger partial charge in [-0.15, -0.1) is 10.2 Å². The number of hydrogen-bond donors (Lipinski definition) is 2. The molecule has 3 aromatic heterocycles. The maximum absolute atomic E-state index is 16.1. The number of pyridine rings is 1. The summed E-state index contributed by atoms with van der Waals surface area (Å²) in [5, 5.41) is 16.1. The number of sulfonamides is 2. The minimum Gasteiger partial charge on any atom is -0.497 e. The quantitative estimate of drug-likeness (QED) is 0.0814. The molecule has 0 radical (unpaired) electrons. The third kappa shape index (κ3) is 11.2. The summed E-state index contributed by atoms with van der Waals surface area (Å²) in [5.74, 6) is 1.59. The van der Waals surface area contributed by atoms with Crippen LogP contribution in [-0.4, -0.2) is 90.7 Å². The van der Waals surface area contributed by atoms with Crippen molar-refractivity contribution in [2.75, 3.05) is 27.9 Å². The number of fused-ring (bicyclic) bond motifs is 1. The largest absolute Gasteiger partial charge is 0.497 e. The van der Waals surface area contributed by atoms with Crippen molar-refractivity contribution in [3.05, 3.63) is 168 Å². The fourth-order valence-electron chi connectivity index (χ4n) is 7.55. The molecular weight excluding hydrogens is 923 g/mol. The number of carbonyl (C=O) groups excluding carboxylic acids is 1. The molecule has 0 saturated heterocycles. The normalized spacial score (nSPS) is 12.2. The van der Waals surface area contributed by atoms with Crippen LogP contribution in [0.25, 0.3) is 28.2 Å². The van der Waals surface area contributed by atoms with E-state index in [0.717, 1.165) is 11.1 Å². The van der Waals surface area contributed by atoms with Crippen LogP contribution in [-0.2, 0) is 51.0 Å². The molecule has 0 aliphatic rings. The number of rotatable bonds is 20. The summed E-state index contributed by atoms with van der Waals surface area (Å²) in [6, 6.07) is 35.4. The van der Waals surface area contributed by atoms with Crippen LogP contribution in [0.2, 0.25) is 0 Å². The van der Waals surface area contributed by atoms with Crippen LogP contribution in [0.1, 0.15) is 29.2 Å². The van der Waals surface area contributed by atoms with Gasteiger partial charge in [-0.3, -0.25) is 0 Å². The fraction of sp³-hybridized carbons (Fsp3) is 0.204. The number of alkyl carbamates (subject to hydrolysis) is 1. The number of carbonyl (C=O) groups is 1. The Morgan fingerprint density at radius 1 is 0.696 bits per heavy atom. The molecule has 3 heterocycles. The van der Waals surface area contributed by atoms with Crippen LogP contribution in [0.15, 0.2) is 156 Å². The van der Waals surface area contributed by atoms with E-state index in [9.17, 15) is 13.2 Å². The van der Waals surface area contributed by atoms with E-state index in [0.29, 0.717) is 39.6 Å². The number of imidazole rings is 1. The van der Waals surface area contributed by atoms with Gasteiger partial charge < -0.3 is 28.7 Å². The Bertz CT molecular complexity index is 3210. The molecule has 1 atom stereocenters. The summed E-state index contributed by atoms with van der Waals surface area (Å²) in [5.41, 5.74) is 3.75. The van der Waals surface area contributed by atoms with Crippen molar-refractivity contribution in [3.8, 4) is 39.8 Å². The molecule has 2 N–H and O–H groups in total. The average Bonchev–Trinajstić information content (AvgIpc) is 4.05. The number of tetrazole rings is 1. The lowest BCUT2D eigenvalue weighted by molar-refractivity contribution is 0.139. The van der Waals surface area contributed by atoms with Crippen molar-refractivity contribution < 1.29 is 40.6 Å². The van der Waals surface area contributed by atoms with Crippen molar-refractivity contribution in [1.82, 2.24) is 43.9 Å². The van der Waals surface area contributed by atoms with Gasteiger partial charge in [-0.25, -0.2) is 31.3 Å². The lowest BCUT2D eigenvalue weighted by atomic mass is 10.00.